The summed E-state index contributed by atoms with van der Waals surface area (Å²) in [7, 11) is 0. The molecule has 3 rings (SSSR count). The van der Waals surface area contributed by atoms with Crippen molar-refractivity contribution in [3.8, 4) is 0 Å². The summed E-state index contributed by atoms with van der Waals surface area (Å²) in [6.07, 6.45) is 1.41. The quantitative estimate of drug-likeness (QED) is 0.530. The van der Waals surface area contributed by atoms with Gasteiger partial charge < -0.3 is 10.2 Å². The fourth-order valence-electron chi connectivity index (χ4n) is 2.21. The summed E-state index contributed by atoms with van der Waals surface area (Å²) in [6, 6.07) is 7.74. The van der Waals surface area contributed by atoms with Crippen LogP contribution in [0.4, 0.5) is 21.6 Å². The first-order valence-corrected chi connectivity index (χ1v) is 6.49. The number of rotatable bonds is 4. The molecule has 8 heteroatoms. The standard InChI is InChI=1S/C14H11FN4O3/c15-9-3-5-10(6-4-9)18-8-11(14(18)20)17-13-12(19(21)22)2-1-7-16-13/h1-7,11H,8H2,(H,16,17). The molecule has 1 fully saturated rings. The highest BCUT2D eigenvalue weighted by Gasteiger charge is 2.38. The van der Waals surface area contributed by atoms with Gasteiger partial charge in [-0.2, -0.15) is 0 Å². The van der Waals surface area contributed by atoms with Crippen LogP contribution in [0, 0.1) is 15.9 Å². The third-order valence-corrected chi connectivity index (χ3v) is 3.36. The average molecular weight is 302 g/mol. The highest BCUT2D eigenvalue weighted by atomic mass is 19.1. The molecule has 1 aromatic heterocycles. The van der Waals surface area contributed by atoms with E-state index < -0.39 is 11.0 Å². The molecule has 1 saturated heterocycles. The number of nitrogens with one attached hydrogen (secondary N) is 1. The van der Waals surface area contributed by atoms with Crippen molar-refractivity contribution in [1.29, 1.82) is 0 Å². The number of aromatic nitrogens is 1. The Morgan fingerprint density at radius 2 is 2.05 bits per heavy atom. The van der Waals surface area contributed by atoms with Gasteiger partial charge in [-0.05, 0) is 30.3 Å². The number of carbonyl (C=O) groups is 1. The van der Waals surface area contributed by atoms with E-state index in [9.17, 15) is 19.3 Å². The Morgan fingerprint density at radius 1 is 1.32 bits per heavy atom. The lowest BCUT2D eigenvalue weighted by molar-refractivity contribution is -0.384. The van der Waals surface area contributed by atoms with Crippen molar-refractivity contribution in [2.24, 2.45) is 0 Å². The van der Waals surface area contributed by atoms with Gasteiger partial charge in [0.05, 0.1) is 11.5 Å². The number of benzene rings is 1. The lowest BCUT2D eigenvalue weighted by Gasteiger charge is -2.38. The molecule has 1 aromatic carbocycles. The lowest BCUT2D eigenvalue weighted by Crippen LogP contribution is -2.60. The van der Waals surface area contributed by atoms with Crippen molar-refractivity contribution in [2.45, 2.75) is 6.04 Å². The largest absolute Gasteiger partial charge is 0.351 e. The summed E-state index contributed by atoms with van der Waals surface area (Å²) in [4.78, 5) is 27.8. The van der Waals surface area contributed by atoms with Gasteiger partial charge >= 0.3 is 5.69 Å². The topological polar surface area (TPSA) is 88.4 Å². The van der Waals surface area contributed by atoms with E-state index in [1.54, 1.807) is 0 Å². The van der Waals surface area contributed by atoms with E-state index >= 15 is 0 Å². The molecule has 7 nitrogen and oxygen atoms in total. The van der Waals surface area contributed by atoms with Crippen LogP contribution in [-0.2, 0) is 4.79 Å². The maximum Gasteiger partial charge on any atom is 0.311 e. The molecule has 1 aliphatic rings. The van der Waals surface area contributed by atoms with Crippen molar-refractivity contribution in [3.05, 3.63) is 58.5 Å². The zero-order valence-corrected chi connectivity index (χ0v) is 11.3. The molecular formula is C14H11FN4O3. The fourth-order valence-corrected chi connectivity index (χ4v) is 2.21. The first-order valence-electron chi connectivity index (χ1n) is 6.49. The normalized spacial score (nSPS) is 17.0. The molecule has 1 amide bonds. The summed E-state index contributed by atoms with van der Waals surface area (Å²) < 4.78 is 12.9. The van der Waals surface area contributed by atoms with E-state index in [0.29, 0.717) is 12.2 Å². The molecule has 0 spiro atoms. The van der Waals surface area contributed by atoms with Gasteiger partial charge in [0.15, 0.2) is 0 Å². The average Bonchev–Trinajstić information content (AvgIpc) is 2.52. The molecule has 1 aliphatic heterocycles. The Morgan fingerprint density at radius 3 is 2.68 bits per heavy atom. The molecular weight excluding hydrogens is 291 g/mol. The van der Waals surface area contributed by atoms with Crippen LogP contribution in [0.1, 0.15) is 0 Å². The summed E-state index contributed by atoms with van der Waals surface area (Å²) >= 11 is 0. The Balaban J connectivity index is 1.71. The summed E-state index contributed by atoms with van der Waals surface area (Å²) in [5, 5.41) is 13.7. The second kappa shape index (κ2) is 5.40. The summed E-state index contributed by atoms with van der Waals surface area (Å²) in [5.41, 5.74) is 0.399. The zero-order chi connectivity index (χ0) is 15.7. The van der Waals surface area contributed by atoms with Crippen LogP contribution in [0.25, 0.3) is 0 Å². The summed E-state index contributed by atoms with van der Waals surface area (Å²) in [5.74, 6) is -0.563. The Hall–Kier alpha value is -3.03. The second-order valence-corrected chi connectivity index (χ2v) is 4.75. The van der Waals surface area contributed by atoms with Gasteiger partial charge in [-0.25, -0.2) is 9.37 Å². The van der Waals surface area contributed by atoms with Gasteiger partial charge in [-0.1, -0.05) is 0 Å². The van der Waals surface area contributed by atoms with Crippen LogP contribution in [-0.4, -0.2) is 28.4 Å². The van der Waals surface area contributed by atoms with Crippen molar-refractivity contribution < 1.29 is 14.1 Å². The second-order valence-electron chi connectivity index (χ2n) is 4.75. The molecule has 1 N–H and O–H groups in total. The number of β-lactam (4-membered cyclic amide) rings is 1. The van der Waals surface area contributed by atoms with E-state index in [1.807, 2.05) is 0 Å². The molecule has 22 heavy (non-hydrogen) atoms. The molecule has 1 unspecified atom stereocenters. The molecule has 2 heterocycles. The smallest absolute Gasteiger partial charge is 0.311 e. The number of hydrogen-bond acceptors (Lipinski definition) is 5. The zero-order valence-electron chi connectivity index (χ0n) is 11.3. The molecule has 0 bridgehead atoms. The molecule has 0 aliphatic carbocycles. The van der Waals surface area contributed by atoms with Crippen LogP contribution in [0.2, 0.25) is 0 Å². The number of amides is 1. The number of nitro groups is 1. The van der Waals surface area contributed by atoms with Crippen molar-refractivity contribution in [3.63, 3.8) is 0 Å². The van der Waals surface area contributed by atoms with Crippen molar-refractivity contribution >= 4 is 23.1 Å². The minimum absolute atomic E-state index is 0.0598. The van der Waals surface area contributed by atoms with Crippen molar-refractivity contribution in [2.75, 3.05) is 16.8 Å². The number of carbonyl (C=O) groups excluding carboxylic acids is 1. The third-order valence-electron chi connectivity index (χ3n) is 3.36. The van der Waals surface area contributed by atoms with Gasteiger partial charge in [-0.3, -0.25) is 14.9 Å². The van der Waals surface area contributed by atoms with Crippen LogP contribution >= 0.6 is 0 Å². The molecule has 1 atom stereocenters. The fraction of sp³-hybridized carbons (Fsp3) is 0.143. The third kappa shape index (κ3) is 2.46. The lowest BCUT2D eigenvalue weighted by atomic mass is 10.1. The minimum Gasteiger partial charge on any atom is -0.351 e. The Labute approximate surface area is 124 Å². The molecule has 2 aromatic rings. The molecule has 0 radical (unpaired) electrons. The maximum absolute atomic E-state index is 12.9. The van der Waals surface area contributed by atoms with Crippen LogP contribution < -0.4 is 10.2 Å². The highest BCUT2D eigenvalue weighted by Crippen LogP contribution is 2.27. The minimum atomic E-state index is -0.585. The molecule has 0 saturated carbocycles. The molecule has 112 valence electrons. The van der Waals surface area contributed by atoms with Gasteiger partial charge in [0.1, 0.15) is 11.9 Å². The summed E-state index contributed by atoms with van der Waals surface area (Å²) in [6.45, 7) is 0.332. The number of pyridine rings is 1. The van der Waals surface area contributed by atoms with Gasteiger partial charge in [-0.15, -0.1) is 0 Å². The number of anilines is 2. The predicted octanol–water partition coefficient (Wildman–Crippen LogP) is 1.96. The first-order chi connectivity index (χ1) is 10.6. The maximum atomic E-state index is 12.9. The van der Waals surface area contributed by atoms with Crippen LogP contribution in [0.15, 0.2) is 42.6 Å². The monoisotopic (exact) mass is 302 g/mol. The SMILES string of the molecule is O=C1C(Nc2ncccc2[N+](=O)[O-])CN1c1ccc(F)cc1. The van der Waals surface area contributed by atoms with E-state index in [4.69, 9.17) is 0 Å². The van der Waals surface area contributed by atoms with Gasteiger partial charge in [0, 0.05) is 18.0 Å². The number of nitrogens with zero attached hydrogens (tertiary/aromatic N) is 3. The number of halogens is 1. The Kier molecular flexibility index (Phi) is 3.42. The highest BCUT2D eigenvalue weighted by molar-refractivity contribution is 6.05. The van der Waals surface area contributed by atoms with Gasteiger partial charge in [0.2, 0.25) is 5.82 Å². The number of hydrogen-bond donors (Lipinski definition) is 1. The van der Waals surface area contributed by atoms with E-state index in [0.717, 1.165) is 0 Å². The van der Waals surface area contributed by atoms with Crippen molar-refractivity contribution in [1.82, 2.24) is 4.98 Å². The Bertz CT molecular complexity index is 735. The van der Waals surface area contributed by atoms with E-state index in [2.05, 4.69) is 10.3 Å². The first kappa shape index (κ1) is 13.9. The van der Waals surface area contributed by atoms with Gasteiger partial charge in [0.25, 0.3) is 5.91 Å². The van der Waals surface area contributed by atoms with E-state index in [-0.39, 0.29) is 23.2 Å². The van der Waals surface area contributed by atoms with Crippen LogP contribution in [0.3, 0.4) is 0 Å². The van der Waals surface area contributed by atoms with Crippen LogP contribution in [0.5, 0.6) is 0 Å². The predicted molar refractivity (Wildman–Crippen MR) is 77.1 cm³/mol. The van der Waals surface area contributed by atoms with E-state index in [1.165, 1.54) is 47.5 Å².